The molecule has 0 aliphatic heterocycles. The summed E-state index contributed by atoms with van der Waals surface area (Å²) >= 11 is 0. The maximum absolute atomic E-state index is 13.1. The molecule has 0 bridgehead atoms. The Kier molecular flexibility index (Phi) is 6.58. The van der Waals surface area contributed by atoms with Gasteiger partial charge in [-0.25, -0.2) is 4.39 Å². The van der Waals surface area contributed by atoms with E-state index in [-0.39, 0.29) is 11.7 Å². The van der Waals surface area contributed by atoms with Crippen LogP contribution in [0.15, 0.2) is 91.7 Å². The SMILES string of the molecule is C=CCN(Cc1cccn1Cc1ccc(F)cc1)C(=O)/C=C/c1ccccc1. The van der Waals surface area contributed by atoms with Gasteiger partial charge in [0.15, 0.2) is 0 Å². The zero-order valence-corrected chi connectivity index (χ0v) is 15.7. The van der Waals surface area contributed by atoms with Crippen LogP contribution in [0, 0.1) is 5.82 Å². The molecule has 0 saturated heterocycles. The Balaban J connectivity index is 1.71. The van der Waals surface area contributed by atoms with Crippen molar-refractivity contribution in [1.82, 2.24) is 9.47 Å². The first-order valence-electron chi connectivity index (χ1n) is 9.17. The monoisotopic (exact) mass is 374 g/mol. The third-order valence-electron chi connectivity index (χ3n) is 4.42. The molecule has 0 unspecified atom stereocenters. The minimum absolute atomic E-state index is 0.0710. The van der Waals surface area contributed by atoms with Gasteiger partial charge in [-0.15, -0.1) is 6.58 Å². The predicted octanol–water partition coefficient (Wildman–Crippen LogP) is 4.90. The number of halogens is 1. The largest absolute Gasteiger partial charge is 0.345 e. The first kappa shape index (κ1) is 19.4. The van der Waals surface area contributed by atoms with Gasteiger partial charge in [0.25, 0.3) is 0 Å². The van der Waals surface area contributed by atoms with Crippen molar-refractivity contribution < 1.29 is 9.18 Å². The average Bonchev–Trinajstić information content (AvgIpc) is 3.15. The molecule has 3 nitrogen and oxygen atoms in total. The van der Waals surface area contributed by atoms with Gasteiger partial charge in [0.05, 0.1) is 6.54 Å². The Bertz CT molecular complexity index is 942. The number of nitrogens with zero attached hydrogens (tertiary/aromatic N) is 2. The third kappa shape index (κ3) is 5.30. The summed E-state index contributed by atoms with van der Waals surface area (Å²) in [5.74, 6) is -0.317. The summed E-state index contributed by atoms with van der Waals surface area (Å²) in [6.07, 6.45) is 7.10. The molecule has 0 N–H and O–H groups in total. The van der Waals surface area contributed by atoms with Gasteiger partial charge in [-0.1, -0.05) is 48.5 Å². The molecule has 0 spiro atoms. The topological polar surface area (TPSA) is 25.2 Å². The van der Waals surface area contributed by atoms with Crippen molar-refractivity contribution >= 4 is 12.0 Å². The van der Waals surface area contributed by atoms with E-state index >= 15 is 0 Å². The smallest absolute Gasteiger partial charge is 0.247 e. The minimum atomic E-state index is -0.246. The van der Waals surface area contributed by atoms with E-state index < -0.39 is 0 Å². The predicted molar refractivity (Wildman–Crippen MR) is 111 cm³/mol. The Morgan fingerprint density at radius 2 is 1.79 bits per heavy atom. The van der Waals surface area contributed by atoms with Gasteiger partial charge in [0.1, 0.15) is 5.82 Å². The van der Waals surface area contributed by atoms with Gasteiger partial charge in [-0.2, -0.15) is 0 Å². The Hall–Kier alpha value is -3.40. The molecule has 28 heavy (non-hydrogen) atoms. The fraction of sp³-hybridized carbons (Fsp3) is 0.125. The lowest BCUT2D eigenvalue weighted by atomic mass is 10.2. The van der Waals surface area contributed by atoms with E-state index in [1.54, 1.807) is 29.2 Å². The van der Waals surface area contributed by atoms with Gasteiger partial charge < -0.3 is 9.47 Å². The number of carbonyl (C=O) groups excluding carboxylic acids is 1. The summed E-state index contributed by atoms with van der Waals surface area (Å²) < 4.78 is 15.2. The highest BCUT2D eigenvalue weighted by Crippen LogP contribution is 2.12. The minimum Gasteiger partial charge on any atom is -0.345 e. The summed E-state index contributed by atoms with van der Waals surface area (Å²) in [7, 11) is 0. The fourth-order valence-corrected chi connectivity index (χ4v) is 2.95. The van der Waals surface area contributed by atoms with Crippen molar-refractivity contribution in [2.75, 3.05) is 6.54 Å². The van der Waals surface area contributed by atoms with Crippen molar-refractivity contribution in [1.29, 1.82) is 0 Å². The number of hydrogen-bond acceptors (Lipinski definition) is 1. The van der Waals surface area contributed by atoms with Crippen molar-refractivity contribution in [3.05, 3.63) is 114 Å². The lowest BCUT2D eigenvalue weighted by molar-refractivity contribution is -0.126. The third-order valence-corrected chi connectivity index (χ3v) is 4.42. The van der Waals surface area contributed by atoms with Crippen LogP contribution in [-0.4, -0.2) is 21.9 Å². The number of hydrogen-bond donors (Lipinski definition) is 0. The van der Waals surface area contributed by atoms with Crippen LogP contribution < -0.4 is 0 Å². The number of benzene rings is 2. The zero-order chi connectivity index (χ0) is 19.8. The van der Waals surface area contributed by atoms with Crippen LogP contribution in [0.5, 0.6) is 0 Å². The highest BCUT2D eigenvalue weighted by atomic mass is 19.1. The van der Waals surface area contributed by atoms with E-state index in [1.165, 1.54) is 12.1 Å². The summed E-state index contributed by atoms with van der Waals surface area (Å²) in [6, 6.07) is 20.1. The summed E-state index contributed by atoms with van der Waals surface area (Å²) in [5, 5.41) is 0. The van der Waals surface area contributed by atoms with Crippen LogP contribution in [0.2, 0.25) is 0 Å². The van der Waals surface area contributed by atoms with E-state index in [0.717, 1.165) is 16.8 Å². The molecule has 3 aromatic rings. The molecular formula is C24H23FN2O. The van der Waals surface area contributed by atoms with Crippen molar-refractivity contribution in [3.8, 4) is 0 Å². The second-order valence-electron chi connectivity index (χ2n) is 6.51. The number of rotatable bonds is 8. The van der Waals surface area contributed by atoms with Crippen LogP contribution in [0.25, 0.3) is 6.08 Å². The van der Waals surface area contributed by atoms with Gasteiger partial charge >= 0.3 is 0 Å². The molecule has 0 radical (unpaired) electrons. The van der Waals surface area contributed by atoms with Gasteiger partial charge in [0.2, 0.25) is 5.91 Å². The standard InChI is InChI=1S/C24H23FN2O/c1-2-16-27(24(28)15-12-20-7-4-3-5-8-20)19-23-9-6-17-26(23)18-21-10-13-22(25)14-11-21/h2-15,17H,1,16,18-19H2/b15-12+. The van der Waals surface area contributed by atoms with Crippen molar-refractivity contribution in [2.45, 2.75) is 13.1 Å². The Morgan fingerprint density at radius 1 is 1.04 bits per heavy atom. The number of aromatic nitrogens is 1. The molecule has 3 rings (SSSR count). The van der Waals surface area contributed by atoms with Crippen molar-refractivity contribution in [2.24, 2.45) is 0 Å². The average molecular weight is 374 g/mol. The summed E-state index contributed by atoms with van der Waals surface area (Å²) in [5.41, 5.74) is 2.99. The quantitative estimate of drug-likeness (QED) is 0.406. The summed E-state index contributed by atoms with van der Waals surface area (Å²) in [6.45, 7) is 5.32. The van der Waals surface area contributed by atoms with Crippen molar-refractivity contribution in [3.63, 3.8) is 0 Å². The fourth-order valence-electron chi connectivity index (χ4n) is 2.95. The second kappa shape index (κ2) is 9.51. The van der Waals surface area contributed by atoms with Crippen LogP contribution in [0.4, 0.5) is 4.39 Å². The van der Waals surface area contributed by atoms with E-state index in [2.05, 4.69) is 11.1 Å². The number of amides is 1. The molecule has 4 heteroatoms. The summed E-state index contributed by atoms with van der Waals surface area (Å²) in [4.78, 5) is 14.4. The van der Waals surface area contributed by atoms with Crippen LogP contribution in [-0.2, 0) is 17.9 Å². The van der Waals surface area contributed by atoms with Gasteiger partial charge in [0, 0.05) is 31.1 Å². The molecule has 0 fully saturated rings. The highest BCUT2D eigenvalue weighted by Gasteiger charge is 2.12. The van der Waals surface area contributed by atoms with E-state index in [0.29, 0.717) is 19.6 Å². The molecule has 0 atom stereocenters. The van der Waals surface area contributed by atoms with E-state index in [4.69, 9.17) is 0 Å². The lowest BCUT2D eigenvalue weighted by Gasteiger charge is -2.21. The van der Waals surface area contributed by atoms with E-state index in [1.807, 2.05) is 54.7 Å². The molecule has 0 aliphatic carbocycles. The molecule has 0 saturated carbocycles. The Morgan fingerprint density at radius 3 is 2.50 bits per heavy atom. The van der Waals surface area contributed by atoms with Crippen LogP contribution in [0.3, 0.4) is 0 Å². The van der Waals surface area contributed by atoms with Gasteiger partial charge in [-0.05, 0) is 41.5 Å². The van der Waals surface area contributed by atoms with Crippen LogP contribution >= 0.6 is 0 Å². The normalized spacial score (nSPS) is 10.9. The Labute approximate surface area is 165 Å². The van der Waals surface area contributed by atoms with Gasteiger partial charge in [-0.3, -0.25) is 4.79 Å². The molecule has 1 amide bonds. The molecule has 0 aliphatic rings. The first-order valence-corrected chi connectivity index (χ1v) is 9.17. The molecule has 1 heterocycles. The van der Waals surface area contributed by atoms with E-state index in [9.17, 15) is 9.18 Å². The zero-order valence-electron chi connectivity index (χ0n) is 15.7. The maximum atomic E-state index is 13.1. The molecule has 142 valence electrons. The highest BCUT2D eigenvalue weighted by molar-refractivity contribution is 5.91. The maximum Gasteiger partial charge on any atom is 0.247 e. The van der Waals surface area contributed by atoms with Crippen LogP contribution in [0.1, 0.15) is 16.8 Å². The molecule has 1 aromatic heterocycles. The second-order valence-corrected chi connectivity index (χ2v) is 6.51. The molecule has 2 aromatic carbocycles. The number of carbonyl (C=O) groups is 1. The lowest BCUT2D eigenvalue weighted by Crippen LogP contribution is -2.30. The molecular weight excluding hydrogens is 351 g/mol. The first-order chi connectivity index (χ1) is 13.7.